The molecule has 0 radical (unpaired) electrons. The SMILES string of the molecule is CN(C(=O)c1cc(Cl)cc([N+](=O)[O-])c1)C(C)(C)CBr. The molecule has 0 N–H and O–H groups in total. The van der Waals surface area contributed by atoms with Crippen LogP contribution in [0, 0.1) is 10.1 Å². The van der Waals surface area contributed by atoms with Crippen molar-refractivity contribution in [3.8, 4) is 0 Å². The number of rotatable bonds is 4. The summed E-state index contributed by atoms with van der Waals surface area (Å²) in [5, 5.41) is 11.5. The van der Waals surface area contributed by atoms with Crippen LogP contribution in [0.3, 0.4) is 0 Å². The van der Waals surface area contributed by atoms with Gasteiger partial charge in [-0.25, -0.2) is 0 Å². The first-order valence-corrected chi connectivity index (χ1v) is 6.98. The Balaban J connectivity index is 3.16. The fourth-order valence-electron chi connectivity index (χ4n) is 1.36. The van der Waals surface area contributed by atoms with Crippen LogP contribution in [0.15, 0.2) is 18.2 Å². The van der Waals surface area contributed by atoms with Crippen LogP contribution < -0.4 is 0 Å². The van der Waals surface area contributed by atoms with Crippen molar-refractivity contribution in [1.82, 2.24) is 4.90 Å². The first-order chi connectivity index (χ1) is 8.69. The number of amides is 1. The minimum atomic E-state index is -0.571. The zero-order chi connectivity index (χ0) is 14.8. The Morgan fingerprint density at radius 1 is 1.47 bits per heavy atom. The molecule has 0 unspecified atom stereocenters. The summed E-state index contributed by atoms with van der Waals surface area (Å²) in [6.45, 7) is 3.78. The monoisotopic (exact) mass is 348 g/mol. The number of hydrogen-bond acceptors (Lipinski definition) is 3. The molecule has 1 aromatic rings. The molecule has 19 heavy (non-hydrogen) atoms. The lowest BCUT2D eigenvalue weighted by atomic mass is 10.0. The highest BCUT2D eigenvalue weighted by Gasteiger charge is 2.28. The molecule has 1 amide bonds. The number of benzene rings is 1. The molecular formula is C12H14BrClN2O3. The molecule has 5 nitrogen and oxygen atoms in total. The van der Waals surface area contributed by atoms with Crippen LogP contribution in [0.4, 0.5) is 5.69 Å². The van der Waals surface area contributed by atoms with E-state index in [4.69, 9.17) is 11.6 Å². The van der Waals surface area contributed by atoms with Crippen LogP contribution in [-0.4, -0.2) is 33.6 Å². The third-order valence-corrected chi connectivity index (χ3v) is 4.47. The molecule has 0 saturated carbocycles. The number of nitro groups is 1. The van der Waals surface area contributed by atoms with Gasteiger partial charge in [0.25, 0.3) is 11.6 Å². The van der Waals surface area contributed by atoms with Crippen LogP contribution in [-0.2, 0) is 0 Å². The Morgan fingerprint density at radius 2 is 2.05 bits per heavy atom. The maximum absolute atomic E-state index is 12.3. The molecule has 1 rings (SSSR count). The van der Waals surface area contributed by atoms with Gasteiger partial charge in [-0.2, -0.15) is 0 Å². The average molecular weight is 350 g/mol. The molecule has 0 aliphatic rings. The Bertz CT molecular complexity index is 520. The highest BCUT2D eigenvalue weighted by atomic mass is 79.9. The first-order valence-electron chi connectivity index (χ1n) is 5.48. The number of halogens is 2. The van der Waals surface area contributed by atoms with E-state index in [1.54, 1.807) is 7.05 Å². The minimum absolute atomic E-state index is 0.169. The number of hydrogen-bond donors (Lipinski definition) is 0. The minimum Gasteiger partial charge on any atom is -0.336 e. The molecule has 0 aromatic heterocycles. The topological polar surface area (TPSA) is 63.5 Å². The molecule has 0 saturated heterocycles. The summed E-state index contributed by atoms with van der Waals surface area (Å²) in [6.07, 6.45) is 0. The Hall–Kier alpha value is -1.14. The van der Waals surface area contributed by atoms with Crippen molar-refractivity contribution in [3.05, 3.63) is 38.9 Å². The number of non-ortho nitro benzene ring substituents is 1. The zero-order valence-corrected chi connectivity index (χ0v) is 13.2. The lowest BCUT2D eigenvalue weighted by Gasteiger charge is -2.34. The Kier molecular flexibility index (Phi) is 4.92. The normalized spacial score (nSPS) is 11.2. The molecule has 0 aliphatic heterocycles. The van der Waals surface area contributed by atoms with Crippen molar-refractivity contribution in [1.29, 1.82) is 0 Å². The van der Waals surface area contributed by atoms with E-state index in [0.717, 1.165) is 0 Å². The number of carbonyl (C=O) groups excluding carboxylic acids is 1. The van der Waals surface area contributed by atoms with Crippen molar-refractivity contribution in [2.45, 2.75) is 19.4 Å². The van der Waals surface area contributed by atoms with E-state index in [-0.39, 0.29) is 22.2 Å². The second-order valence-corrected chi connectivity index (χ2v) is 5.76. The van der Waals surface area contributed by atoms with Crippen LogP contribution in [0.5, 0.6) is 0 Å². The van der Waals surface area contributed by atoms with Gasteiger partial charge < -0.3 is 4.90 Å². The summed E-state index contributed by atoms with van der Waals surface area (Å²) >= 11 is 9.14. The number of alkyl halides is 1. The van der Waals surface area contributed by atoms with Crippen molar-refractivity contribution in [2.24, 2.45) is 0 Å². The quantitative estimate of drug-likeness (QED) is 0.475. The third-order valence-electron chi connectivity index (χ3n) is 2.88. The van der Waals surface area contributed by atoms with Gasteiger partial charge in [-0.15, -0.1) is 0 Å². The van der Waals surface area contributed by atoms with Crippen LogP contribution >= 0.6 is 27.5 Å². The van der Waals surface area contributed by atoms with Gasteiger partial charge in [-0.3, -0.25) is 14.9 Å². The maximum atomic E-state index is 12.3. The fourth-order valence-corrected chi connectivity index (χ4v) is 1.97. The molecule has 0 bridgehead atoms. The van der Waals surface area contributed by atoms with E-state index >= 15 is 0 Å². The van der Waals surface area contributed by atoms with Crippen molar-refractivity contribution in [2.75, 3.05) is 12.4 Å². The summed E-state index contributed by atoms with van der Waals surface area (Å²) in [4.78, 5) is 24.0. The number of nitro benzene ring substituents is 1. The van der Waals surface area contributed by atoms with Gasteiger partial charge in [0, 0.05) is 40.6 Å². The van der Waals surface area contributed by atoms with E-state index in [1.165, 1.54) is 23.1 Å². The predicted molar refractivity (Wildman–Crippen MR) is 78.1 cm³/mol. The molecule has 0 fully saturated rings. The number of nitrogens with zero attached hydrogens (tertiary/aromatic N) is 2. The van der Waals surface area contributed by atoms with Crippen LogP contribution in [0.1, 0.15) is 24.2 Å². The largest absolute Gasteiger partial charge is 0.336 e. The zero-order valence-electron chi connectivity index (χ0n) is 10.8. The van der Waals surface area contributed by atoms with Gasteiger partial charge in [0.05, 0.1) is 4.92 Å². The Morgan fingerprint density at radius 3 is 2.53 bits per heavy atom. The van der Waals surface area contributed by atoms with Gasteiger partial charge in [0.1, 0.15) is 0 Å². The predicted octanol–water partition coefficient (Wildman–Crippen LogP) is 3.49. The molecule has 104 valence electrons. The smallest absolute Gasteiger partial charge is 0.271 e. The van der Waals surface area contributed by atoms with E-state index < -0.39 is 10.5 Å². The van der Waals surface area contributed by atoms with Crippen LogP contribution in [0.2, 0.25) is 5.02 Å². The fraction of sp³-hybridized carbons (Fsp3) is 0.417. The van der Waals surface area contributed by atoms with Gasteiger partial charge in [-0.05, 0) is 19.9 Å². The second-order valence-electron chi connectivity index (χ2n) is 4.77. The summed E-state index contributed by atoms with van der Waals surface area (Å²) in [6, 6.07) is 3.88. The Labute approximate surface area is 124 Å². The second kappa shape index (κ2) is 5.88. The average Bonchev–Trinajstić information content (AvgIpc) is 2.36. The molecule has 0 atom stereocenters. The highest BCUT2D eigenvalue weighted by molar-refractivity contribution is 9.09. The summed E-state index contributed by atoms with van der Waals surface area (Å²) < 4.78 is 0. The van der Waals surface area contributed by atoms with Crippen LogP contribution in [0.25, 0.3) is 0 Å². The highest BCUT2D eigenvalue weighted by Crippen LogP contribution is 2.24. The van der Waals surface area contributed by atoms with Crippen molar-refractivity contribution >= 4 is 39.1 Å². The van der Waals surface area contributed by atoms with Gasteiger partial charge in [0.2, 0.25) is 0 Å². The van der Waals surface area contributed by atoms with E-state index in [2.05, 4.69) is 15.9 Å². The summed E-state index contributed by atoms with van der Waals surface area (Å²) in [5.41, 5.74) is -0.398. The van der Waals surface area contributed by atoms with Crippen molar-refractivity contribution in [3.63, 3.8) is 0 Å². The lowest BCUT2D eigenvalue weighted by Crippen LogP contribution is -2.46. The molecule has 7 heteroatoms. The molecule has 1 aromatic carbocycles. The third kappa shape index (κ3) is 3.67. The van der Waals surface area contributed by atoms with Gasteiger partial charge in [-0.1, -0.05) is 27.5 Å². The molecular weight excluding hydrogens is 336 g/mol. The standard InChI is InChI=1S/C12H14BrClN2O3/c1-12(2,7-13)15(3)11(17)8-4-9(14)6-10(5-8)16(18)19/h4-6H,7H2,1-3H3. The van der Waals surface area contributed by atoms with E-state index in [9.17, 15) is 14.9 Å². The van der Waals surface area contributed by atoms with Gasteiger partial charge >= 0.3 is 0 Å². The molecule has 0 aliphatic carbocycles. The van der Waals surface area contributed by atoms with Crippen molar-refractivity contribution < 1.29 is 9.72 Å². The van der Waals surface area contributed by atoms with E-state index in [1.807, 2.05) is 13.8 Å². The maximum Gasteiger partial charge on any atom is 0.271 e. The number of carbonyl (C=O) groups is 1. The first kappa shape index (κ1) is 15.9. The lowest BCUT2D eigenvalue weighted by molar-refractivity contribution is -0.384. The van der Waals surface area contributed by atoms with E-state index in [0.29, 0.717) is 5.33 Å². The summed E-state index contributed by atoms with van der Waals surface area (Å²) in [5.74, 6) is -0.310. The summed E-state index contributed by atoms with van der Waals surface area (Å²) in [7, 11) is 1.65. The van der Waals surface area contributed by atoms with Gasteiger partial charge in [0.15, 0.2) is 0 Å². The molecule has 0 heterocycles. The molecule has 0 spiro atoms.